The topological polar surface area (TPSA) is 20.2 Å². The van der Waals surface area contributed by atoms with E-state index in [-0.39, 0.29) is 6.10 Å². The zero-order chi connectivity index (χ0) is 9.99. The molecule has 1 N–H and O–H groups in total. The van der Waals surface area contributed by atoms with Crippen LogP contribution >= 0.6 is 0 Å². The van der Waals surface area contributed by atoms with Gasteiger partial charge in [-0.3, -0.25) is 0 Å². The van der Waals surface area contributed by atoms with Gasteiger partial charge in [0.2, 0.25) is 0 Å². The van der Waals surface area contributed by atoms with Gasteiger partial charge in [0.05, 0.1) is 14.2 Å². The van der Waals surface area contributed by atoms with Crippen LogP contribution in [-0.4, -0.2) is 19.3 Å². The van der Waals surface area contributed by atoms with E-state index in [0.29, 0.717) is 5.04 Å². The summed E-state index contributed by atoms with van der Waals surface area (Å²) in [4.78, 5) is 0. The molecule has 0 radical (unpaired) electrons. The molecule has 0 bridgehead atoms. The third-order valence-electron chi connectivity index (χ3n) is 2.72. The zero-order valence-corrected chi connectivity index (χ0v) is 10.2. The van der Waals surface area contributed by atoms with Crippen molar-refractivity contribution in [3.8, 4) is 0 Å². The summed E-state index contributed by atoms with van der Waals surface area (Å²) in [6.07, 6.45) is 1.61. The van der Waals surface area contributed by atoms with E-state index in [2.05, 4.69) is 39.6 Å². The minimum atomic E-state index is -1.31. The average Bonchev–Trinajstić information content (AvgIpc) is 1.81. The predicted molar refractivity (Wildman–Crippen MR) is 58.0 cm³/mol. The molecule has 0 aromatic carbocycles. The van der Waals surface area contributed by atoms with E-state index in [1.807, 2.05) is 6.08 Å². The first-order chi connectivity index (χ1) is 5.17. The maximum Gasteiger partial charge on any atom is 0.0767 e. The second-order valence-electron chi connectivity index (χ2n) is 5.07. The van der Waals surface area contributed by atoms with E-state index in [9.17, 15) is 0 Å². The van der Waals surface area contributed by atoms with Crippen LogP contribution in [0.15, 0.2) is 11.8 Å². The fraction of sp³-hybridized carbons (Fsp3) is 0.800. The quantitative estimate of drug-likeness (QED) is 0.657. The van der Waals surface area contributed by atoms with Crippen molar-refractivity contribution in [1.82, 2.24) is 0 Å². The lowest BCUT2D eigenvalue weighted by molar-refractivity contribution is 0.244. The fourth-order valence-corrected chi connectivity index (χ4v) is 1.89. The summed E-state index contributed by atoms with van der Waals surface area (Å²) < 4.78 is 0. The molecule has 0 amide bonds. The van der Waals surface area contributed by atoms with Gasteiger partial charge >= 0.3 is 0 Å². The van der Waals surface area contributed by atoms with Crippen molar-refractivity contribution in [2.45, 2.75) is 51.9 Å². The van der Waals surface area contributed by atoms with Crippen LogP contribution in [0.25, 0.3) is 0 Å². The average molecular weight is 186 g/mol. The second kappa shape index (κ2) is 3.75. The Morgan fingerprint density at radius 1 is 1.25 bits per heavy atom. The molecule has 0 saturated carbocycles. The first-order valence-electron chi connectivity index (χ1n) is 4.54. The van der Waals surface area contributed by atoms with E-state index in [1.165, 1.54) is 0 Å². The molecule has 1 unspecified atom stereocenters. The highest BCUT2D eigenvalue weighted by Gasteiger charge is 2.32. The summed E-state index contributed by atoms with van der Waals surface area (Å²) in [7, 11) is -1.31. The SMILES string of the molecule is CC(O)/C=C/[Si](C)(C)C(C)(C)C. The van der Waals surface area contributed by atoms with Gasteiger partial charge in [0, 0.05) is 0 Å². The molecule has 12 heavy (non-hydrogen) atoms. The van der Waals surface area contributed by atoms with Crippen LogP contribution in [0.3, 0.4) is 0 Å². The van der Waals surface area contributed by atoms with Crippen LogP contribution in [0.5, 0.6) is 0 Å². The van der Waals surface area contributed by atoms with E-state index in [0.717, 1.165) is 0 Å². The third-order valence-corrected chi connectivity index (χ3v) is 7.62. The largest absolute Gasteiger partial charge is 0.389 e. The Morgan fingerprint density at radius 3 is 1.92 bits per heavy atom. The molecule has 0 aliphatic heterocycles. The Balaban J connectivity index is 4.43. The number of aliphatic hydroxyl groups excluding tert-OH is 1. The molecule has 0 aromatic rings. The van der Waals surface area contributed by atoms with Crippen molar-refractivity contribution in [3.63, 3.8) is 0 Å². The predicted octanol–water partition coefficient (Wildman–Crippen LogP) is 2.97. The Labute approximate surface area is 77.5 Å². The maximum absolute atomic E-state index is 9.12. The standard InChI is InChI=1S/C10H22OSi/c1-9(11)7-8-12(5,6)10(2,3)4/h7-9,11H,1-6H3/b8-7+. The maximum atomic E-state index is 9.12. The smallest absolute Gasteiger partial charge is 0.0767 e. The molecule has 0 aromatic heterocycles. The van der Waals surface area contributed by atoms with Crippen molar-refractivity contribution in [2.24, 2.45) is 0 Å². The van der Waals surface area contributed by atoms with Crippen molar-refractivity contribution in [3.05, 3.63) is 11.8 Å². The van der Waals surface area contributed by atoms with Crippen molar-refractivity contribution >= 4 is 8.07 Å². The number of aliphatic hydroxyl groups is 1. The summed E-state index contributed by atoms with van der Waals surface area (Å²) in [5.41, 5.74) is 2.23. The monoisotopic (exact) mass is 186 g/mol. The highest BCUT2D eigenvalue weighted by molar-refractivity contribution is 6.84. The molecular weight excluding hydrogens is 164 g/mol. The lowest BCUT2D eigenvalue weighted by Crippen LogP contribution is -2.35. The molecule has 0 fully saturated rings. The normalized spacial score (nSPS) is 16.9. The van der Waals surface area contributed by atoms with Crippen molar-refractivity contribution < 1.29 is 5.11 Å². The van der Waals surface area contributed by atoms with Gasteiger partial charge in [-0.15, -0.1) is 0 Å². The van der Waals surface area contributed by atoms with E-state index in [4.69, 9.17) is 5.11 Å². The number of hydrogen-bond acceptors (Lipinski definition) is 1. The molecule has 1 nitrogen and oxygen atoms in total. The molecule has 0 spiro atoms. The highest BCUT2D eigenvalue weighted by Crippen LogP contribution is 2.36. The van der Waals surface area contributed by atoms with E-state index < -0.39 is 8.07 Å². The Morgan fingerprint density at radius 2 is 1.67 bits per heavy atom. The van der Waals surface area contributed by atoms with Crippen LogP contribution in [0.2, 0.25) is 18.1 Å². The third kappa shape index (κ3) is 3.54. The lowest BCUT2D eigenvalue weighted by Gasteiger charge is -2.34. The van der Waals surface area contributed by atoms with Gasteiger partial charge in [0.25, 0.3) is 0 Å². The lowest BCUT2D eigenvalue weighted by atomic mass is 10.2. The van der Waals surface area contributed by atoms with Crippen molar-refractivity contribution in [2.75, 3.05) is 0 Å². The molecule has 0 heterocycles. The van der Waals surface area contributed by atoms with Crippen LogP contribution < -0.4 is 0 Å². The summed E-state index contributed by atoms with van der Waals surface area (Å²) in [6.45, 7) is 13.3. The summed E-state index contributed by atoms with van der Waals surface area (Å²) in [6, 6.07) is 0. The van der Waals surface area contributed by atoms with Crippen LogP contribution in [0.1, 0.15) is 27.7 Å². The van der Waals surface area contributed by atoms with E-state index in [1.54, 1.807) is 6.92 Å². The van der Waals surface area contributed by atoms with Gasteiger partial charge in [-0.1, -0.05) is 45.6 Å². The minimum Gasteiger partial charge on any atom is -0.389 e. The van der Waals surface area contributed by atoms with Crippen LogP contribution in [-0.2, 0) is 0 Å². The van der Waals surface area contributed by atoms with Gasteiger partial charge in [0.15, 0.2) is 0 Å². The fourth-order valence-electron chi connectivity index (χ4n) is 0.630. The molecule has 0 aliphatic rings. The summed E-state index contributed by atoms with van der Waals surface area (Å²) >= 11 is 0. The highest BCUT2D eigenvalue weighted by atomic mass is 28.3. The van der Waals surface area contributed by atoms with Gasteiger partial charge < -0.3 is 5.11 Å². The van der Waals surface area contributed by atoms with Crippen LogP contribution in [0.4, 0.5) is 0 Å². The minimum absolute atomic E-state index is 0.306. The second-order valence-corrected chi connectivity index (χ2v) is 10.3. The molecule has 0 rings (SSSR count). The van der Waals surface area contributed by atoms with Crippen LogP contribution in [0, 0.1) is 0 Å². The Bertz CT molecular complexity index is 163. The summed E-state index contributed by atoms with van der Waals surface area (Å²) in [5, 5.41) is 9.49. The molecule has 72 valence electrons. The van der Waals surface area contributed by atoms with Gasteiger partial charge in [-0.2, -0.15) is 0 Å². The Hall–Kier alpha value is -0.0831. The molecule has 0 aliphatic carbocycles. The molecule has 1 atom stereocenters. The van der Waals surface area contributed by atoms with Gasteiger partial charge in [-0.25, -0.2) is 0 Å². The number of hydrogen-bond donors (Lipinski definition) is 1. The van der Waals surface area contributed by atoms with Crippen molar-refractivity contribution in [1.29, 1.82) is 0 Å². The molecule has 2 heteroatoms. The first kappa shape index (κ1) is 11.9. The Kier molecular flexibility index (Phi) is 3.73. The van der Waals surface area contributed by atoms with Gasteiger partial charge in [0.1, 0.15) is 0 Å². The number of rotatable bonds is 2. The van der Waals surface area contributed by atoms with E-state index >= 15 is 0 Å². The molecular formula is C10H22OSi. The zero-order valence-electron chi connectivity index (χ0n) is 9.18. The van der Waals surface area contributed by atoms with Gasteiger partial charge in [-0.05, 0) is 12.0 Å². The molecule has 0 saturated heterocycles. The summed E-state index contributed by atoms with van der Waals surface area (Å²) in [5.74, 6) is 0. The first-order valence-corrected chi connectivity index (χ1v) is 7.62.